The van der Waals surface area contributed by atoms with Crippen LogP contribution in [0.1, 0.15) is 17.5 Å². The second-order valence-electron chi connectivity index (χ2n) is 3.42. The van der Waals surface area contributed by atoms with E-state index in [2.05, 4.69) is 22.6 Å². The molecule has 2 nitrogen and oxygen atoms in total. The van der Waals surface area contributed by atoms with Crippen molar-refractivity contribution in [2.24, 2.45) is 0 Å². The fourth-order valence-corrected chi connectivity index (χ4v) is 2.40. The van der Waals surface area contributed by atoms with Crippen LogP contribution < -0.4 is 0 Å². The number of benzene rings is 1. The van der Waals surface area contributed by atoms with Crippen molar-refractivity contribution in [2.45, 2.75) is 12.8 Å². The van der Waals surface area contributed by atoms with Gasteiger partial charge in [0.2, 0.25) is 0 Å². The number of allylic oxidation sites excluding steroid dienone is 1. The van der Waals surface area contributed by atoms with E-state index in [1.807, 2.05) is 30.3 Å². The van der Waals surface area contributed by atoms with E-state index in [9.17, 15) is 4.79 Å². The van der Waals surface area contributed by atoms with E-state index in [1.165, 1.54) is 5.56 Å². The fraction of sp³-hybridized carbons (Fsp3) is 0.167. The molecule has 0 spiro atoms. The summed E-state index contributed by atoms with van der Waals surface area (Å²) in [5, 5.41) is 8.47. The van der Waals surface area contributed by atoms with E-state index in [1.54, 1.807) is 0 Å². The Morgan fingerprint density at radius 1 is 1.53 bits per heavy atom. The summed E-state index contributed by atoms with van der Waals surface area (Å²) >= 11 is 2.26. The maximum Gasteiger partial charge on any atom is 0.173 e. The van der Waals surface area contributed by atoms with Crippen LogP contribution in [0.15, 0.2) is 23.8 Å². The number of carbonyl (C=O) groups is 1. The number of halogens is 1. The smallest absolute Gasteiger partial charge is 0.173 e. The first-order valence-corrected chi connectivity index (χ1v) is 5.68. The first-order valence-electron chi connectivity index (χ1n) is 4.60. The van der Waals surface area contributed by atoms with Crippen LogP contribution in [-0.4, -0.2) is 5.78 Å². The molecule has 0 aromatic heterocycles. The highest BCUT2D eigenvalue weighted by Crippen LogP contribution is 2.29. The lowest BCUT2D eigenvalue weighted by molar-refractivity contribution is -0.114. The topological polar surface area (TPSA) is 40.9 Å². The average Bonchev–Trinajstić information content (AvgIpc) is 2.63. The number of rotatable bonds is 2. The van der Waals surface area contributed by atoms with Crippen molar-refractivity contribution in [1.82, 2.24) is 0 Å². The van der Waals surface area contributed by atoms with Crippen LogP contribution in [0.5, 0.6) is 0 Å². The summed E-state index contributed by atoms with van der Waals surface area (Å²) in [7, 11) is 0. The molecule has 0 saturated carbocycles. The molecule has 0 saturated heterocycles. The number of nitrogens with zero attached hydrogens (tertiary/aromatic N) is 1. The van der Waals surface area contributed by atoms with E-state index in [0.717, 1.165) is 14.7 Å². The average molecular weight is 309 g/mol. The van der Waals surface area contributed by atoms with E-state index >= 15 is 0 Å². The van der Waals surface area contributed by atoms with Gasteiger partial charge in [-0.25, -0.2) is 0 Å². The molecule has 0 unspecified atom stereocenters. The summed E-state index contributed by atoms with van der Waals surface area (Å²) in [6.45, 7) is 0. The third kappa shape index (κ3) is 1.95. The maximum absolute atomic E-state index is 11.5. The molecule has 0 bridgehead atoms. The van der Waals surface area contributed by atoms with Gasteiger partial charge < -0.3 is 0 Å². The Hall–Kier alpha value is -1.15. The minimum Gasteiger partial charge on any atom is -0.293 e. The molecule has 15 heavy (non-hydrogen) atoms. The van der Waals surface area contributed by atoms with Crippen LogP contribution in [-0.2, 0) is 11.2 Å². The first-order chi connectivity index (χ1) is 7.22. The van der Waals surface area contributed by atoms with Crippen molar-refractivity contribution in [3.63, 3.8) is 0 Å². The summed E-state index contributed by atoms with van der Waals surface area (Å²) in [5.41, 5.74) is 3.08. The minimum absolute atomic E-state index is 0.0175. The summed E-state index contributed by atoms with van der Waals surface area (Å²) in [4.78, 5) is 11.5. The van der Waals surface area contributed by atoms with Crippen LogP contribution in [0.4, 0.5) is 0 Å². The molecular weight excluding hydrogens is 301 g/mol. The molecule has 3 heteroatoms. The van der Waals surface area contributed by atoms with Gasteiger partial charge >= 0.3 is 0 Å². The second-order valence-corrected chi connectivity index (χ2v) is 4.58. The zero-order valence-electron chi connectivity index (χ0n) is 7.96. The van der Waals surface area contributed by atoms with Gasteiger partial charge in [0.1, 0.15) is 0 Å². The van der Waals surface area contributed by atoms with Gasteiger partial charge in [0.05, 0.1) is 12.5 Å². The van der Waals surface area contributed by atoms with Gasteiger partial charge in [-0.3, -0.25) is 4.79 Å². The number of Topliss-reactive ketones (excluding diaryl/α,β-unsaturated/α-hetero) is 1. The van der Waals surface area contributed by atoms with Gasteiger partial charge in [0, 0.05) is 15.6 Å². The van der Waals surface area contributed by atoms with Crippen molar-refractivity contribution in [2.75, 3.05) is 0 Å². The highest BCUT2D eigenvalue weighted by molar-refractivity contribution is 14.1. The van der Waals surface area contributed by atoms with Gasteiger partial charge in [-0.1, -0.05) is 12.1 Å². The molecule has 0 heterocycles. The number of nitriles is 1. The fourth-order valence-electron chi connectivity index (χ4n) is 1.69. The van der Waals surface area contributed by atoms with Crippen LogP contribution in [0.25, 0.3) is 6.08 Å². The monoisotopic (exact) mass is 309 g/mol. The van der Waals surface area contributed by atoms with Crippen LogP contribution >= 0.6 is 22.6 Å². The molecule has 0 N–H and O–H groups in total. The van der Waals surface area contributed by atoms with Gasteiger partial charge in [-0.05, 0) is 45.9 Å². The largest absolute Gasteiger partial charge is 0.293 e. The Morgan fingerprint density at radius 2 is 2.33 bits per heavy atom. The zero-order chi connectivity index (χ0) is 10.8. The Morgan fingerprint density at radius 3 is 3.00 bits per heavy atom. The van der Waals surface area contributed by atoms with Crippen molar-refractivity contribution in [3.8, 4) is 6.07 Å². The standard InChI is InChI=1S/C12H8INO/c13-11-3-1-2-8-6-9(7-10(8)11)12(15)4-5-14/h1-3,7H,4,6H2. The molecular formula is C12H8INO. The van der Waals surface area contributed by atoms with Gasteiger partial charge in [0.25, 0.3) is 0 Å². The quantitative estimate of drug-likeness (QED) is 0.788. The lowest BCUT2D eigenvalue weighted by atomic mass is 10.1. The summed E-state index contributed by atoms with van der Waals surface area (Å²) in [6.07, 6.45) is 2.57. The predicted octanol–water partition coefficient (Wildman–Crippen LogP) is 2.71. The van der Waals surface area contributed by atoms with Crippen LogP contribution in [0.3, 0.4) is 0 Å². The Kier molecular flexibility index (Phi) is 2.87. The van der Waals surface area contributed by atoms with Crippen molar-refractivity contribution in [1.29, 1.82) is 5.26 Å². The molecule has 0 radical (unpaired) electrons. The minimum atomic E-state index is -0.0514. The number of ketones is 1. The summed E-state index contributed by atoms with van der Waals surface area (Å²) < 4.78 is 1.16. The number of carbonyl (C=O) groups excluding carboxylic acids is 1. The zero-order valence-corrected chi connectivity index (χ0v) is 10.1. The Balaban J connectivity index is 2.32. The lowest BCUT2D eigenvalue weighted by Gasteiger charge is -1.99. The molecule has 0 aliphatic heterocycles. The number of fused-ring (bicyclic) bond motifs is 1. The summed E-state index contributed by atoms with van der Waals surface area (Å²) in [6, 6.07) is 7.94. The van der Waals surface area contributed by atoms with E-state index < -0.39 is 0 Å². The highest BCUT2D eigenvalue weighted by atomic mass is 127. The molecule has 0 atom stereocenters. The Bertz CT molecular complexity index is 497. The van der Waals surface area contributed by atoms with Crippen LogP contribution in [0.2, 0.25) is 0 Å². The number of hydrogen-bond donors (Lipinski definition) is 0. The molecule has 0 fully saturated rings. The van der Waals surface area contributed by atoms with Crippen LogP contribution in [0, 0.1) is 14.9 Å². The van der Waals surface area contributed by atoms with Crippen molar-refractivity contribution < 1.29 is 4.79 Å². The Labute approximate surface area is 102 Å². The molecule has 1 aromatic rings. The predicted molar refractivity (Wildman–Crippen MR) is 66.1 cm³/mol. The third-order valence-corrected chi connectivity index (χ3v) is 3.38. The summed E-state index contributed by atoms with van der Waals surface area (Å²) in [5.74, 6) is -0.0514. The third-order valence-electron chi connectivity index (χ3n) is 2.44. The van der Waals surface area contributed by atoms with E-state index in [4.69, 9.17) is 5.26 Å². The number of hydrogen-bond acceptors (Lipinski definition) is 2. The molecule has 1 aliphatic rings. The normalized spacial score (nSPS) is 12.9. The van der Waals surface area contributed by atoms with E-state index in [0.29, 0.717) is 6.42 Å². The SMILES string of the molecule is N#CCC(=O)C1=Cc2c(I)cccc2C1. The van der Waals surface area contributed by atoms with Gasteiger partial charge in [0.15, 0.2) is 5.78 Å². The van der Waals surface area contributed by atoms with Crippen molar-refractivity contribution in [3.05, 3.63) is 38.5 Å². The van der Waals surface area contributed by atoms with Gasteiger partial charge in [-0.15, -0.1) is 0 Å². The van der Waals surface area contributed by atoms with E-state index in [-0.39, 0.29) is 12.2 Å². The first kappa shape index (κ1) is 10.4. The molecule has 74 valence electrons. The van der Waals surface area contributed by atoms with Gasteiger partial charge in [-0.2, -0.15) is 5.26 Å². The molecule has 2 rings (SSSR count). The molecule has 1 aromatic carbocycles. The second kappa shape index (κ2) is 4.15. The highest BCUT2D eigenvalue weighted by Gasteiger charge is 2.19. The molecule has 0 amide bonds. The molecule has 1 aliphatic carbocycles. The maximum atomic E-state index is 11.5. The lowest BCUT2D eigenvalue weighted by Crippen LogP contribution is -2.00. The van der Waals surface area contributed by atoms with Crippen molar-refractivity contribution >= 4 is 34.5 Å².